The number of alkyl halides is 1. The molecular weight excluding hydrogens is 256 g/mol. The summed E-state index contributed by atoms with van der Waals surface area (Å²) in [4.78, 5) is 31.5. The van der Waals surface area contributed by atoms with E-state index in [1.165, 1.54) is 0 Å². The number of nitrogens with two attached hydrogens (primary N) is 1. The number of nitrogens with zero attached hydrogens (tertiary/aromatic N) is 1. The Morgan fingerprint density at radius 3 is 2.39 bits per heavy atom. The van der Waals surface area contributed by atoms with Crippen molar-refractivity contribution in [1.29, 1.82) is 0 Å². The number of H-pyrrole nitrogens is 2. The Morgan fingerprint density at radius 1 is 1.28 bits per heavy atom. The number of benzene rings is 1. The zero-order valence-corrected chi connectivity index (χ0v) is 10.3. The second kappa shape index (κ2) is 4.66. The van der Waals surface area contributed by atoms with E-state index in [2.05, 4.69) is 15.0 Å². The molecule has 0 aliphatic carbocycles. The number of rotatable bonds is 2. The molecule has 0 fully saturated rings. The van der Waals surface area contributed by atoms with Gasteiger partial charge in [-0.3, -0.25) is 9.59 Å². The number of nitrogens with one attached hydrogen (secondary N) is 2. The maximum absolute atomic E-state index is 11.2. The lowest BCUT2D eigenvalue weighted by Gasteiger charge is -2.04. The lowest BCUT2D eigenvalue weighted by Crippen LogP contribution is -2.28. The topological polar surface area (TPSA) is 104 Å². The van der Waals surface area contributed by atoms with Crippen LogP contribution in [0.3, 0.4) is 0 Å². The zero-order valence-electron chi connectivity index (χ0n) is 9.58. The predicted molar refractivity (Wildman–Crippen MR) is 71.9 cm³/mol. The first-order valence-electron chi connectivity index (χ1n) is 5.17. The maximum atomic E-state index is 11.2. The Morgan fingerprint density at radius 2 is 1.83 bits per heavy atom. The van der Waals surface area contributed by atoms with Crippen LogP contribution < -0.4 is 16.9 Å². The van der Waals surface area contributed by atoms with Crippen LogP contribution in [0, 0.1) is 6.92 Å². The van der Waals surface area contributed by atoms with Gasteiger partial charge < -0.3 is 15.7 Å². The van der Waals surface area contributed by atoms with Gasteiger partial charge in [-0.1, -0.05) is 0 Å². The minimum Gasteiger partial charge on any atom is -0.386 e. The molecule has 0 aliphatic heterocycles. The molecule has 0 atom stereocenters. The van der Waals surface area contributed by atoms with Crippen molar-refractivity contribution in [3.05, 3.63) is 38.4 Å². The minimum atomic E-state index is -0.702. The molecule has 0 saturated heterocycles. The van der Waals surface area contributed by atoms with Gasteiger partial charge in [0.1, 0.15) is 5.84 Å². The summed E-state index contributed by atoms with van der Waals surface area (Å²) in [6.45, 7) is 1.82. The van der Waals surface area contributed by atoms with E-state index in [-0.39, 0.29) is 11.7 Å². The van der Waals surface area contributed by atoms with Crippen molar-refractivity contribution < 1.29 is 0 Å². The lowest BCUT2D eigenvalue weighted by atomic mass is 10.1. The van der Waals surface area contributed by atoms with Gasteiger partial charge in [-0.25, -0.2) is 4.99 Å². The molecule has 1 aromatic carbocycles. The molecule has 94 valence electrons. The molecule has 0 radical (unpaired) electrons. The zero-order chi connectivity index (χ0) is 13.3. The van der Waals surface area contributed by atoms with Crippen LogP contribution in [-0.4, -0.2) is 21.7 Å². The highest BCUT2D eigenvalue weighted by Crippen LogP contribution is 2.22. The van der Waals surface area contributed by atoms with E-state index in [1.54, 1.807) is 12.1 Å². The number of aromatic nitrogens is 2. The molecular formula is C11H11ClN4O2. The highest BCUT2D eigenvalue weighted by Gasteiger charge is 2.04. The van der Waals surface area contributed by atoms with Gasteiger partial charge in [-0.15, -0.1) is 11.6 Å². The molecule has 0 bridgehead atoms. The molecule has 6 nitrogen and oxygen atoms in total. The number of aromatic amines is 2. The van der Waals surface area contributed by atoms with Crippen molar-refractivity contribution in [2.24, 2.45) is 10.7 Å². The number of aliphatic imine (C=N–C) groups is 1. The van der Waals surface area contributed by atoms with Crippen LogP contribution >= 0.6 is 11.6 Å². The molecule has 1 aromatic heterocycles. The first-order chi connectivity index (χ1) is 8.51. The van der Waals surface area contributed by atoms with Crippen LogP contribution in [-0.2, 0) is 0 Å². The second-order valence-corrected chi connectivity index (χ2v) is 4.10. The Kier molecular flexibility index (Phi) is 3.20. The summed E-state index contributed by atoms with van der Waals surface area (Å²) in [6, 6.07) is 3.36. The second-order valence-electron chi connectivity index (χ2n) is 3.83. The van der Waals surface area contributed by atoms with Gasteiger partial charge in [0.2, 0.25) is 0 Å². The van der Waals surface area contributed by atoms with E-state index in [9.17, 15) is 9.59 Å². The molecule has 0 amide bonds. The van der Waals surface area contributed by atoms with Crippen molar-refractivity contribution in [3.8, 4) is 0 Å². The van der Waals surface area contributed by atoms with Crippen LogP contribution in [0.5, 0.6) is 0 Å². The Bertz CT molecular complexity index is 745. The highest BCUT2D eigenvalue weighted by atomic mass is 35.5. The summed E-state index contributed by atoms with van der Waals surface area (Å²) < 4.78 is 0. The largest absolute Gasteiger partial charge is 0.386 e. The number of halogens is 1. The monoisotopic (exact) mass is 266 g/mol. The van der Waals surface area contributed by atoms with Crippen molar-refractivity contribution >= 4 is 34.2 Å². The Labute approximate surface area is 107 Å². The first kappa shape index (κ1) is 12.4. The third-order valence-electron chi connectivity index (χ3n) is 2.44. The fourth-order valence-corrected chi connectivity index (χ4v) is 1.63. The van der Waals surface area contributed by atoms with Crippen LogP contribution in [0.25, 0.3) is 11.0 Å². The summed E-state index contributed by atoms with van der Waals surface area (Å²) in [5, 5.41) is 0. The SMILES string of the molecule is Cc1cc2[nH]c(=O)c(=O)[nH]c2cc1N=C(N)CCl. The number of fused-ring (bicyclic) bond motifs is 1. The van der Waals surface area contributed by atoms with Crippen molar-refractivity contribution in [1.82, 2.24) is 9.97 Å². The Hall–Kier alpha value is -2.08. The average molecular weight is 267 g/mol. The summed E-state index contributed by atoms with van der Waals surface area (Å²) >= 11 is 5.56. The van der Waals surface area contributed by atoms with E-state index >= 15 is 0 Å². The lowest BCUT2D eigenvalue weighted by molar-refractivity contribution is 1.14. The van der Waals surface area contributed by atoms with Gasteiger partial charge in [0, 0.05) is 0 Å². The van der Waals surface area contributed by atoms with Crippen LogP contribution in [0.4, 0.5) is 5.69 Å². The number of aryl methyl sites for hydroxylation is 1. The normalized spacial score (nSPS) is 12.0. The van der Waals surface area contributed by atoms with Gasteiger partial charge in [-0.05, 0) is 24.6 Å². The molecule has 1 heterocycles. The molecule has 4 N–H and O–H groups in total. The summed E-state index contributed by atoms with van der Waals surface area (Å²) in [7, 11) is 0. The quantitative estimate of drug-likeness (QED) is 0.323. The minimum absolute atomic E-state index is 0.125. The summed E-state index contributed by atoms with van der Waals surface area (Å²) in [6.07, 6.45) is 0. The van der Waals surface area contributed by atoms with E-state index in [4.69, 9.17) is 17.3 Å². The molecule has 0 saturated carbocycles. The van der Waals surface area contributed by atoms with Crippen molar-refractivity contribution in [2.45, 2.75) is 6.92 Å². The number of amidine groups is 1. The molecule has 0 aliphatic rings. The number of hydrogen-bond donors (Lipinski definition) is 3. The molecule has 0 unspecified atom stereocenters. The smallest absolute Gasteiger partial charge is 0.314 e. The molecule has 2 aromatic rings. The van der Waals surface area contributed by atoms with E-state index in [1.807, 2.05) is 6.92 Å². The predicted octanol–water partition coefficient (Wildman–Crippen LogP) is 0.752. The molecule has 7 heteroatoms. The first-order valence-corrected chi connectivity index (χ1v) is 5.70. The maximum Gasteiger partial charge on any atom is 0.314 e. The average Bonchev–Trinajstić information content (AvgIpc) is 2.32. The van der Waals surface area contributed by atoms with Crippen LogP contribution in [0.15, 0.2) is 26.7 Å². The van der Waals surface area contributed by atoms with E-state index in [0.29, 0.717) is 16.7 Å². The fraction of sp³-hybridized carbons (Fsp3) is 0.182. The summed E-state index contributed by atoms with van der Waals surface area (Å²) in [5.74, 6) is 0.408. The van der Waals surface area contributed by atoms with E-state index < -0.39 is 11.1 Å². The third-order valence-corrected chi connectivity index (χ3v) is 2.71. The van der Waals surface area contributed by atoms with Gasteiger partial charge in [0.05, 0.1) is 22.6 Å². The van der Waals surface area contributed by atoms with Gasteiger partial charge in [-0.2, -0.15) is 0 Å². The van der Waals surface area contributed by atoms with Crippen molar-refractivity contribution in [2.75, 3.05) is 5.88 Å². The number of hydrogen-bond acceptors (Lipinski definition) is 3. The molecule has 18 heavy (non-hydrogen) atoms. The van der Waals surface area contributed by atoms with Gasteiger partial charge in [0.25, 0.3) is 0 Å². The van der Waals surface area contributed by atoms with Gasteiger partial charge >= 0.3 is 11.1 Å². The van der Waals surface area contributed by atoms with Crippen molar-refractivity contribution in [3.63, 3.8) is 0 Å². The standard InChI is InChI=1S/C11H11ClN4O2/c1-5-2-7-8(16-11(18)10(17)15-7)3-6(5)14-9(13)4-12/h2-3H,4H2,1H3,(H2,13,14)(H,15,17)(H,16,18). The van der Waals surface area contributed by atoms with Gasteiger partial charge in [0.15, 0.2) is 0 Å². The van der Waals surface area contributed by atoms with E-state index in [0.717, 1.165) is 5.56 Å². The molecule has 2 rings (SSSR count). The Balaban J connectivity index is 2.72. The summed E-state index contributed by atoms with van der Waals surface area (Å²) in [5.41, 5.74) is 6.63. The van der Waals surface area contributed by atoms with Crippen LogP contribution in [0.2, 0.25) is 0 Å². The molecule has 0 spiro atoms. The highest BCUT2D eigenvalue weighted by molar-refractivity contribution is 6.28. The fourth-order valence-electron chi connectivity index (χ4n) is 1.57. The third kappa shape index (κ3) is 2.28. The van der Waals surface area contributed by atoms with Crippen LogP contribution in [0.1, 0.15) is 5.56 Å².